The number of benzene rings is 1. The van der Waals surface area contributed by atoms with Crippen molar-refractivity contribution in [2.24, 2.45) is 0 Å². The number of hydrogen-bond acceptors (Lipinski definition) is 3. The number of likely N-dealkylation sites (N-methyl/N-ethyl adjacent to an activating group) is 1. The van der Waals surface area contributed by atoms with E-state index in [9.17, 15) is 5.11 Å². The Morgan fingerprint density at radius 3 is 2.59 bits per heavy atom. The van der Waals surface area contributed by atoms with Crippen molar-refractivity contribution in [3.63, 3.8) is 0 Å². The van der Waals surface area contributed by atoms with Gasteiger partial charge in [0.15, 0.2) is 0 Å². The smallest absolute Gasteiger partial charge is 0.0821 e. The maximum Gasteiger partial charge on any atom is 0.0821 e. The number of nitrogens with two attached hydrogens (primary N) is 1. The van der Waals surface area contributed by atoms with E-state index in [0.717, 1.165) is 37.1 Å². The van der Waals surface area contributed by atoms with Crippen LogP contribution in [-0.4, -0.2) is 24.3 Å². The van der Waals surface area contributed by atoms with Gasteiger partial charge in [0.2, 0.25) is 0 Å². The van der Waals surface area contributed by atoms with Crippen LogP contribution in [0.4, 0.5) is 11.4 Å². The zero-order valence-corrected chi connectivity index (χ0v) is 10.7. The molecule has 0 saturated heterocycles. The molecule has 0 amide bonds. The SMILES string of the molecule is Cc1ccc(N(C)CC2(O)CCCC2)c(N)c1. The molecule has 0 spiro atoms. The zero-order valence-electron chi connectivity index (χ0n) is 10.7. The summed E-state index contributed by atoms with van der Waals surface area (Å²) in [4.78, 5) is 2.07. The number of hydrogen-bond donors (Lipinski definition) is 2. The summed E-state index contributed by atoms with van der Waals surface area (Å²) in [7, 11) is 2.00. The van der Waals surface area contributed by atoms with Crippen LogP contribution in [0, 0.1) is 6.92 Å². The fourth-order valence-electron chi connectivity index (χ4n) is 2.74. The summed E-state index contributed by atoms with van der Waals surface area (Å²) in [6, 6.07) is 6.06. The van der Waals surface area contributed by atoms with Gasteiger partial charge in [-0.3, -0.25) is 0 Å². The van der Waals surface area contributed by atoms with Gasteiger partial charge in [-0.25, -0.2) is 0 Å². The Bertz CT molecular complexity index is 397. The average Bonchev–Trinajstić information content (AvgIpc) is 2.64. The molecule has 1 aliphatic carbocycles. The first-order chi connectivity index (χ1) is 8.00. The summed E-state index contributed by atoms with van der Waals surface area (Å²) in [5, 5.41) is 10.4. The Kier molecular flexibility index (Phi) is 3.29. The minimum absolute atomic E-state index is 0.522. The number of rotatable bonds is 3. The van der Waals surface area contributed by atoms with E-state index < -0.39 is 5.60 Å². The molecule has 0 radical (unpaired) electrons. The summed E-state index contributed by atoms with van der Waals surface area (Å²) >= 11 is 0. The maximum atomic E-state index is 10.4. The molecule has 0 aliphatic heterocycles. The van der Waals surface area contributed by atoms with E-state index in [1.165, 1.54) is 5.56 Å². The minimum atomic E-state index is -0.522. The lowest BCUT2D eigenvalue weighted by molar-refractivity contribution is 0.0559. The first kappa shape index (κ1) is 12.2. The van der Waals surface area contributed by atoms with Crippen LogP contribution in [0.3, 0.4) is 0 Å². The molecule has 1 aromatic carbocycles. The summed E-state index contributed by atoms with van der Waals surface area (Å²) < 4.78 is 0. The Hall–Kier alpha value is -1.22. The number of nitrogen functional groups attached to an aromatic ring is 1. The summed E-state index contributed by atoms with van der Waals surface area (Å²) in [5.74, 6) is 0. The molecule has 3 N–H and O–H groups in total. The second-order valence-corrected chi connectivity index (χ2v) is 5.35. The van der Waals surface area contributed by atoms with Crippen molar-refractivity contribution >= 4 is 11.4 Å². The van der Waals surface area contributed by atoms with Crippen molar-refractivity contribution in [3.05, 3.63) is 23.8 Å². The number of aliphatic hydroxyl groups is 1. The summed E-state index contributed by atoms with van der Waals surface area (Å²) in [5.41, 5.74) is 8.46. The minimum Gasteiger partial charge on any atom is -0.397 e. The number of anilines is 2. The molecule has 94 valence electrons. The van der Waals surface area contributed by atoms with E-state index in [1.54, 1.807) is 0 Å². The van der Waals surface area contributed by atoms with Crippen LogP contribution in [0.1, 0.15) is 31.2 Å². The van der Waals surface area contributed by atoms with E-state index in [2.05, 4.69) is 11.0 Å². The molecule has 0 heterocycles. The van der Waals surface area contributed by atoms with Gasteiger partial charge in [-0.15, -0.1) is 0 Å². The quantitative estimate of drug-likeness (QED) is 0.789. The lowest BCUT2D eigenvalue weighted by Gasteiger charge is -2.30. The topological polar surface area (TPSA) is 49.5 Å². The van der Waals surface area contributed by atoms with Crippen LogP contribution in [0.25, 0.3) is 0 Å². The van der Waals surface area contributed by atoms with Gasteiger partial charge in [0.25, 0.3) is 0 Å². The molecule has 17 heavy (non-hydrogen) atoms. The highest BCUT2D eigenvalue weighted by atomic mass is 16.3. The third-order valence-electron chi connectivity index (χ3n) is 3.66. The first-order valence-electron chi connectivity index (χ1n) is 6.30. The third-order valence-corrected chi connectivity index (χ3v) is 3.66. The van der Waals surface area contributed by atoms with Crippen LogP contribution >= 0.6 is 0 Å². The van der Waals surface area contributed by atoms with Gasteiger partial charge in [-0.2, -0.15) is 0 Å². The van der Waals surface area contributed by atoms with Gasteiger partial charge in [0.1, 0.15) is 0 Å². The highest BCUT2D eigenvalue weighted by molar-refractivity contribution is 5.68. The standard InChI is InChI=1S/C14H22N2O/c1-11-5-6-13(12(15)9-11)16(2)10-14(17)7-3-4-8-14/h5-6,9,17H,3-4,7-8,10,15H2,1-2H3. The van der Waals surface area contributed by atoms with Crippen molar-refractivity contribution in [2.45, 2.75) is 38.2 Å². The van der Waals surface area contributed by atoms with Gasteiger partial charge in [0, 0.05) is 13.6 Å². The zero-order chi connectivity index (χ0) is 12.5. The van der Waals surface area contributed by atoms with Crippen molar-refractivity contribution < 1.29 is 5.11 Å². The van der Waals surface area contributed by atoms with Gasteiger partial charge < -0.3 is 15.7 Å². The Morgan fingerprint density at radius 1 is 1.35 bits per heavy atom. The van der Waals surface area contributed by atoms with Crippen LogP contribution in [-0.2, 0) is 0 Å². The second-order valence-electron chi connectivity index (χ2n) is 5.35. The normalized spacial score (nSPS) is 18.3. The highest BCUT2D eigenvalue weighted by Gasteiger charge is 2.32. The largest absolute Gasteiger partial charge is 0.397 e. The van der Waals surface area contributed by atoms with Crippen molar-refractivity contribution in [2.75, 3.05) is 24.2 Å². The molecular formula is C14H22N2O. The Balaban J connectivity index is 2.11. The van der Waals surface area contributed by atoms with Crippen molar-refractivity contribution in [3.8, 4) is 0 Å². The molecule has 0 atom stereocenters. The van der Waals surface area contributed by atoms with E-state index in [-0.39, 0.29) is 0 Å². The molecule has 1 aromatic rings. The molecule has 1 saturated carbocycles. The predicted molar refractivity (Wildman–Crippen MR) is 72.3 cm³/mol. The number of nitrogens with zero attached hydrogens (tertiary/aromatic N) is 1. The molecule has 3 nitrogen and oxygen atoms in total. The molecular weight excluding hydrogens is 212 g/mol. The molecule has 1 aliphatic rings. The molecule has 2 rings (SSSR count). The van der Waals surface area contributed by atoms with Crippen LogP contribution in [0.2, 0.25) is 0 Å². The van der Waals surface area contributed by atoms with E-state index in [1.807, 2.05) is 26.1 Å². The fraction of sp³-hybridized carbons (Fsp3) is 0.571. The fourth-order valence-corrected chi connectivity index (χ4v) is 2.74. The van der Waals surface area contributed by atoms with Crippen LogP contribution < -0.4 is 10.6 Å². The van der Waals surface area contributed by atoms with Gasteiger partial charge >= 0.3 is 0 Å². The van der Waals surface area contributed by atoms with E-state index in [4.69, 9.17) is 5.73 Å². The third kappa shape index (κ3) is 2.72. The molecule has 0 unspecified atom stereocenters. The van der Waals surface area contributed by atoms with Gasteiger partial charge in [-0.1, -0.05) is 18.9 Å². The van der Waals surface area contributed by atoms with Crippen molar-refractivity contribution in [1.29, 1.82) is 0 Å². The summed E-state index contributed by atoms with van der Waals surface area (Å²) in [6.07, 6.45) is 4.08. The number of aryl methyl sites for hydroxylation is 1. The molecule has 0 bridgehead atoms. The van der Waals surface area contributed by atoms with Gasteiger partial charge in [0.05, 0.1) is 17.0 Å². The first-order valence-corrected chi connectivity index (χ1v) is 6.30. The monoisotopic (exact) mass is 234 g/mol. The molecule has 1 fully saturated rings. The average molecular weight is 234 g/mol. The Labute approximate surface area is 103 Å². The molecule has 3 heteroatoms. The highest BCUT2D eigenvalue weighted by Crippen LogP contribution is 2.32. The maximum absolute atomic E-state index is 10.4. The van der Waals surface area contributed by atoms with Crippen molar-refractivity contribution in [1.82, 2.24) is 0 Å². The lowest BCUT2D eigenvalue weighted by atomic mass is 10.0. The molecule has 0 aromatic heterocycles. The second kappa shape index (κ2) is 4.57. The lowest BCUT2D eigenvalue weighted by Crippen LogP contribution is -2.39. The van der Waals surface area contributed by atoms with Gasteiger partial charge in [-0.05, 0) is 37.5 Å². The Morgan fingerprint density at radius 2 is 2.00 bits per heavy atom. The van der Waals surface area contributed by atoms with E-state index >= 15 is 0 Å². The van der Waals surface area contributed by atoms with Crippen LogP contribution in [0.5, 0.6) is 0 Å². The summed E-state index contributed by atoms with van der Waals surface area (Å²) in [6.45, 7) is 2.70. The predicted octanol–water partition coefficient (Wildman–Crippen LogP) is 2.32. The van der Waals surface area contributed by atoms with E-state index in [0.29, 0.717) is 6.54 Å². The van der Waals surface area contributed by atoms with Crippen LogP contribution in [0.15, 0.2) is 18.2 Å².